The Morgan fingerprint density at radius 2 is 2.04 bits per heavy atom. The molecule has 8 heteroatoms. The van der Waals surface area contributed by atoms with E-state index < -0.39 is 0 Å². The van der Waals surface area contributed by atoms with Crippen molar-refractivity contribution in [2.45, 2.75) is 25.4 Å². The second-order valence-corrected chi connectivity index (χ2v) is 7.09. The van der Waals surface area contributed by atoms with Gasteiger partial charge in [-0.15, -0.1) is 5.10 Å². The first-order chi connectivity index (χ1) is 12.6. The summed E-state index contributed by atoms with van der Waals surface area (Å²) in [5, 5.41) is 7.23. The second kappa shape index (κ2) is 6.95. The lowest BCUT2D eigenvalue weighted by Crippen LogP contribution is -2.32. The standard InChI is InChI=1S/C18H17BrN4O3/c19-13-5-3-12(4-6-13)17(24)20-9-10-22-18(25)23(14-7-8-14)16(21-22)15-2-1-11-26-15/h1-6,11,14H,7-10H2,(H,20,24). The SMILES string of the molecule is O=C(NCCn1nc(-c2ccco2)n(C2CC2)c1=O)c1ccc(Br)cc1. The number of hydrogen-bond donors (Lipinski definition) is 1. The van der Waals surface area contributed by atoms with E-state index in [4.69, 9.17) is 4.42 Å². The molecule has 2 aromatic heterocycles. The molecule has 1 saturated carbocycles. The predicted molar refractivity (Wildman–Crippen MR) is 98.9 cm³/mol. The number of aromatic nitrogens is 3. The summed E-state index contributed by atoms with van der Waals surface area (Å²) in [4.78, 5) is 24.8. The van der Waals surface area contributed by atoms with Gasteiger partial charge in [0.25, 0.3) is 5.91 Å². The Morgan fingerprint density at radius 1 is 1.27 bits per heavy atom. The summed E-state index contributed by atoms with van der Waals surface area (Å²) in [5.41, 5.74) is 0.400. The van der Waals surface area contributed by atoms with Crippen molar-refractivity contribution in [1.82, 2.24) is 19.7 Å². The molecule has 0 aliphatic heterocycles. The van der Waals surface area contributed by atoms with Gasteiger partial charge in [-0.2, -0.15) is 0 Å². The van der Waals surface area contributed by atoms with Crippen molar-refractivity contribution in [2.24, 2.45) is 0 Å². The van der Waals surface area contributed by atoms with E-state index in [1.807, 2.05) is 12.1 Å². The fourth-order valence-electron chi connectivity index (χ4n) is 2.78. The third-order valence-electron chi connectivity index (χ3n) is 4.24. The van der Waals surface area contributed by atoms with Crippen LogP contribution in [0.4, 0.5) is 0 Å². The van der Waals surface area contributed by atoms with Crippen molar-refractivity contribution in [2.75, 3.05) is 6.54 Å². The summed E-state index contributed by atoms with van der Waals surface area (Å²) in [7, 11) is 0. The van der Waals surface area contributed by atoms with Crippen LogP contribution in [0.5, 0.6) is 0 Å². The van der Waals surface area contributed by atoms with E-state index in [1.54, 1.807) is 35.1 Å². The number of amides is 1. The molecular weight excluding hydrogens is 400 g/mol. The Kier molecular flexibility index (Phi) is 4.50. The molecule has 1 fully saturated rings. The third-order valence-corrected chi connectivity index (χ3v) is 4.77. The van der Waals surface area contributed by atoms with Crippen LogP contribution in [-0.2, 0) is 6.54 Å². The molecule has 1 aromatic carbocycles. The first kappa shape index (κ1) is 16.8. The maximum Gasteiger partial charge on any atom is 0.346 e. The maximum absolute atomic E-state index is 12.7. The highest BCUT2D eigenvalue weighted by molar-refractivity contribution is 9.10. The highest BCUT2D eigenvalue weighted by Gasteiger charge is 2.31. The predicted octanol–water partition coefficient (Wildman–Crippen LogP) is 2.83. The van der Waals surface area contributed by atoms with Gasteiger partial charge in [0.1, 0.15) is 0 Å². The quantitative estimate of drug-likeness (QED) is 0.669. The van der Waals surface area contributed by atoms with E-state index in [9.17, 15) is 9.59 Å². The van der Waals surface area contributed by atoms with E-state index >= 15 is 0 Å². The number of carbonyl (C=O) groups excluding carboxylic acids is 1. The molecule has 1 aliphatic rings. The molecule has 0 bridgehead atoms. The fourth-order valence-corrected chi connectivity index (χ4v) is 3.04. The van der Waals surface area contributed by atoms with Gasteiger partial charge in [-0.25, -0.2) is 9.48 Å². The van der Waals surface area contributed by atoms with Crippen LogP contribution in [-0.4, -0.2) is 26.8 Å². The first-order valence-corrected chi connectivity index (χ1v) is 9.20. The molecule has 3 aromatic rings. The fraction of sp³-hybridized carbons (Fsp3) is 0.278. The Hall–Kier alpha value is -2.61. The summed E-state index contributed by atoms with van der Waals surface area (Å²) in [6.07, 6.45) is 3.51. The Bertz CT molecular complexity index is 969. The van der Waals surface area contributed by atoms with Crippen molar-refractivity contribution in [1.29, 1.82) is 0 Å². The van der Waals surface area contributed by atoms with E-state index in [0.29, 0.717) is 30.2 Å². The summed E-state index contributed by atoms with van der Waals surface area (Å²) >= 11 is 3.34. The zero-order chi connectivity index (χ0) is 18.1. The molecule has 0 saturated heterocycles. The van der Waals surface area contributed by atoms with Gasteiger partial charge in [0.05, 0.1) is 12.8 Å². The number of nitrogens with one attached hydrogen (secondary N) is 1. The van der Waals surface area contributed by atoms with E-state index in [2.05, 4.69) is 26.3 Å². The lowest BCUT2D eigenvalue weighted by Gasteiger charge is -2.05. The van der Waals surface area contributed by atoms with Crippen LogP contribution in [0, 0.1) is 0 Å². The van der Waals surface area contributed by atoms with Crippen LogP contribution in [0.25, 0.3) is 11.6 Å². The molecule has 134 valence electrons. The number of halogens is 1. The monoisotopic (exact) mass is 416 g/mol. The number of rotatable bonds is 6. The van der Waals surface area contributed by atoms with Gasteiger partial charge in [-0.1, -0.05) is 15.9 Å². The largest absolute Gasteiger partial charge is 0.461 e. The molecule has 0 spiro atoms. The number of carbonyl (C=O) groups is 1. The van der Waals surface area contributed by atoms with Crippen molar-refractivity contribution in [3.05, 3.63) is 63.2 Å². The molecular formula is C18H17BrN4O3. The average molecular weight is 417 g/mol. The molecule has 1 amide bonds. The molecule has 1 N–H and O–H groups in total. The first-order valence-electron chi connectivity index (χ1n) is 8.40. The topological polar surface area (TPSA) is 82.1 Å². The molecule has 0 atom stereocenters. The Labute approximate surface area is 157 Å². The number of furan rings is 1. The van der Waals surface area contributed by atoms with Crippen LogP contribution in [0.3, 0.4) is 0 Å². The molecule has 0 radical (unpaired) electrons. The minimum Gasteiger partial charge on any atom is -0.461 e. The lowest BCUT2D eigenvalue weighted by atomic mass is 10.2. The van der Waals surface area contributed by atoms with Crippen molar-refractivity contribution >= 4 is 21.8 Å². The van der Waals surface area contributed by atoms with Gasteiger partial charge in [-0.3, -0.25) is 9.36 Å². The van der Waals surface area contributed by atoms with Gasteiger partial charge in [-0.05, 0) is 49.2 Å². The minimum atomic E-state index is -0.182. The van der Waals surface area contributed by atoms with Crippen LogP contribution < -0.4 is 11.0 Å². The number of nitrogens with zero attached hydrogens (tertiary/aromatic N) is 3. The number of hydrogen-bond acceptors (Lipinski definition) is 4. The highest BCUT2D eigenvalue weighted by Crippen LogP contribution is 2.36. The molecule has 4 rings (SSSR count). The van der Waals surface area contributed by atoms with Gasteiger partial charge >= 0.3 is 5.69 Å². The molecule has 1 aliphatic carbocycles. The zero-order valence-electron chi connectivity index (χ0n) is 13.9. The van der Waals surface area contributed by atoms with Crippen LogP contribution in [0.15, 0.2) is 56.3 Å². The van der Waals surface area contributed by atoms with Crippen LogP contribution in [0.2, 0.25) is 0 Å². The minimum absolute atomic E-state index is 0.170. The zero-order valence-corrected chi connectivity index (χ0v) is 15.5. The Balaban J connectivity index is 1.47. The van der Waals surface area contributed by atoms with E-state index in [-0.39, 0.29) is 17.6 Å². The van der Waals surface area contributed by atoms with Crippen molar-refractivity contribution in [3.63, 3.8) is 0 Å². The van der Waals surface area contributed by atoms with Crippen LogP contribution >= 0.6 is 15.9 Å². The Morgan fingerprint density at radius 3 is 2.69 bits per heavy atom. The second-order valence-electron chi connectivity index (χ2n) is 6.17. The van der Waals surface area contributed by atoms with E-state index in [1.165, 1.54) is 4.68 Å². The van der Waals surface area contributed by atoms with E-state index in [0.717, 1.165) is 17.3 Å². The highest BCUT2D eigenvalue weighted by atomic mass is 79.9. The van der Waals surface area contributed by atoms with Crippen molar-refractivity contribution in [3.8, 4) is 11.6 Å². The summed E-state index contributed by atoms with van der Waals surface area (Å²) in [6, 6.07) is 10.9. The molecule has 2 heterocycles. The van der Waals surface area contributed by atoms with Gasteiger partial charge < -0.3 is 9.73 Å². The van der Waals surface area contributed by atoms with Crippen molar-refractivity contribution < 1.29 is 9.21 Å². The smallest absolute Gasteiger partial charge is 0.346 e. The normalized spacial score (nSPS) is 13.7. The van der Waals surface area contributed by atoms with Crippen LogP contribution in [0.1, 0.15) is 29.2 Å². The maximum atomic E-state index is 12.7. The number of benzene rings is 1. The molecule has 0 unspecified atom stereocenters. The lowest BCUT2D eigenvalue weighted by molar-refractivity contribution is 0.0951. The summed E-state index contributed by atoms with van der Waals surface area (Å²) in [6.45, 7) is 0.614. The van der Waals surface area contributed by atoms with Gasteiger partial charge in [0.15, 0.2) is 5.76 Å². The third kappa shape index (κ3) is 3.37. The summed E-state index contributed by atoms with van der Waals surface area (Å²) in [5.74, 6) is 0.937. The van der Waals surface area contributed by atoms with Gasteiger partial charge in [0.2, 0.25) is 5.82 Å². The van der Waals surface area contributed by atoms with Gasteiger partial charge in [0, 0.05) is 22.6 Å². The molecule has 26 heavy (non-hydrogen) atoms. The molecule has 7 nitrogen and oxygen atoms in total. The average Bonchev–Trinajstić information content (AvgIpc) is 3.21. The summed E-state index contributed by atoms with van der Waals surface area (Å²) < 4.78 is 9.40.